The van der Waals surface area contributed by atoms with Crippen molar-refractivity contribution in [3.8, 4) is 0 Å². The molecule has 168 valence electrons. The summed E-state index contributed by atoms with van der Waals surface area (Å²) in [4.78, 5) is 50.7. The zero-order valence-corrected chi connectivity index (χ0v) is 19.2. The van der Waals surface area contributed by atoms with Crippen LogP contribution in [-0.4, -0.2) is 72.8 Å². The Balaban J connectivity index is 4.55. The second kappa shape index (κ2) is 11.7. The van der Waals surface area contributed by atoms with Gasteiger partial charge in [0.1, 0.15) is 11.1 Å². The minimum Gasteiger partial charge on any atom is -0.354 e. The van der Waals surface area contributed by atoms with Crippen LogP contribution in [0.3, 0.4) is 0 Å². The van der Waals surface area contributed by atoms with Gasteiger partial charge in [-0.15, -0.1) is 0 Å². The van der Waals surface area contributed by atoms with E-state index >= 15 is 0 Å². The van der Waals surface area contributed by atoms with E-state index in [9.17, 15) is 19.2 Å². The molecule has 0 aliphatic carbocycles. The molecule has 0 radical (unpaired) electrons. The highest BCUT2D eigenvalue weighted by Crippen LogP contribution is 2.09. The molecule has 0 saturated carbocycles. The van der Waals surface area contributed by atoms with Gasteiger partial charge in [-0.3, -0.25) is 19.2 Å². The van der Waals surface area contributed by atoms with Gasteiger partial charge in [-0.1, -0.05) is 6.92 Å². The smallest absolute Gasteiger partial charge is 0.246 e. The Kier molecular flexibility index (Phi) is 10.9. The lowest BCUT2D eigenvalue weighted by atomic mass is 9.98. The highest BCUT2D eigenvalue weighted by Gasteiger charge is 2.36. The molecule has 1 atom stereocenters. The van der Waals surface area contributed by atoms with Gasteiger partial charge in [0.2, 0.25) is 23.6 Å². The average Bonchev–Trinajstić information content (AvgIpc) is 2.52. The van der Waals surface area contributed by atoms with Crippen molar-refractivity contribution in [2.24, 2.45) is 0 Å². The fourth-order valence-electron chi connectivity index (χ4n) is 2.64. The molecule has 0 bridgehead atoms. The van der Waals surface area contributed by atoms with Crippen molar-refractivity contribution in [3.05, 3.63) is 0 Å². The summed E-state index contributed by atoms with van der Waals surface area (Å²) >= 11 is 0. The van der Waals surface area contributed by atoms with E-state index in [2.05, 4.69) is 21.3 Å². The topological polar surface area (TPSA) is 120 Å². The first kappa shape index (κ1) is 26.8. The predicted molar refractivity (Wildman–Crippen MR) is 113 cm³/mol. The molecule has 0 saturated heterocycles. The molecule has 0 spiro atoms. The number of carbonyl (C=O) groups excluding carboxylic acids is 4. The first-order chi connectivity index (χ1) is 13.2. The largest absolute Gasteiger partial charge is 0.354 e. The number of rotatable bonds is 12. The summed E-state index contributed by atoms with van der Waals surface area (Å²) in [6, 6.07) is 0.00841. The molecule has 9 nitrogen and oxygen atoms in total. The van der Waals surface area contributed by atoms with Crippen LogP contribution < -0.4 is 21.3 Å². The maximum absolute atomic E-state index is 12.5. The molecule has 0 aliphatic heterocycles. The van der Waals surface area contributed by atoms with E-state index in [1.807, 2.05) is 32.8 Å². The summed E-state index contributed by atoms with van der Waals surface area (Å²) in [5, 5.41) is 10.9. The lowest BCUT2D eigenvalue weighted by molar-refractivity contribution is -0.137. The van der Waals surface area contributed by atoms with Gasteiger partial charge in [0.05, 0.1) is 0 Å². The van der Waals surface area contributed by atoms with Crippen molar-refractivity contribution in [2.45, 2.75) is 77.9 Å². The fourth-order valence-corrected chi connectivity index (χ4v) is 2.64. The van der Waals surface area contributed by atoms with E-state index in [0.717, 1.165) is 6.54 Å². The van der Waals surface area contributed by atoms with Crippen LogP contribution in [0.5, 0.6) is 0 Å². The second-order valence-corrected chi connectivity index (χ2v) is 8.74. The average molecular weight is 414 g/mol. The van der Waals surface area contributed by atoms with Gasteiger partial charge < -0.3 is 26.2 Å². The molecule has 0 aromatic carbocycles. The molecule has 9 heteroatoms. The van der Waals surface area contributed by atoms with Crippen molar-refractivity contribution in [3.63, 3.8) is 0 Å². The highest BCUT2D eigenvalue weighted by molar-refractivity contribution is 5.96. The molecule has 4 N–H and O–H groups in total. The number of carbonyl (C=O) groups is 4. The summed E-state index contributed by atoms with van der Waals surface area (Å²) in [5.41, 5.74) is -2.34. The summed E-state index contributed by atoms with van der Waals surface area (Å²) in [7, 11) is 3.85. The first-order valence-electron chi connectivity index (χ1n) is 10.1. The molecule has 0 fully saturated rings. The van der Waals surface area contributed by atoms with Gasteiger partial charge >= 0.3 is 0 Å². The summed E-state index contributed by atoms with van der Waals surface area (Å²) in [6.45, 7) is 11.0. The fraction of sp³-hybridized carbons (Fsp3) is 0.800. The van der Waals surface area contributed by atoms with Gasteiger partial charge in [0.15, 0.2) is 0 Å². The summed E-state index contributed by atoms with van der Waals surface area (Å²) in [5.74, 6) is -1.24. The number of nitrogens with zero attached hydrogens (tertiary/aromatic N) is 1. The van der Waals surface area contributed by atoms with Crippen LogP contribution in [0.1, 0.15) is 60.8 Å². The number of hydrogen-bond acceptors (Lipinski definition) is 5. The van der Waals surface area contributed by atoms with Crippen LogP contribution in [-0.2, 0) is 19.2 Å². The summed E-state index contributed by atoms with van der Waals surface area (Å²) in [6.07, 6.45) is 1.15. The van der Waals surface area contributed by atoms with E-state index in [0.29, 0.717) is 12.8 Å². The van der Waals surface area contributed by atoms with Gasteiger partial charge in [0, 0.05) is 32.0 Å². The van der Waals surface area contributed by atoms with Crippen LogP contribution in [0.4, 0.5) is 0 Å². The maximum Gasteiger partial charge on any atom is 0.246 e. The van der Waals surface area contributed by atoms with Crippen molar-refractivity contribution < 1.29 is 19.2 Å². The number of hydrogen-bond donors (Lipinski definition) is 4. The standard InChI is InChI=1S/C20H39N5O4/c1-9-10-16(27)23-20(5,6)18(29)24-19(3,4)17(28)21-12-11-15(26)22-14(2)13-25(7)8/h14H,9-13H2,1-8H3,(H,21,28)(H,22,26)(H,23,27)(H,24,29). The lowest BCUT2D eigenvalue weighted by Gasteiger charge is -2.31. The molecule has 29 heavy (non-hydrogen) atoms. The van der Waals surface area contributed by atoms with Crippen molar-refractivity contribution in [1.29, 1.82) is 0 Å². The number of likely N-dealkylation sites (N-methyl/N-ethyl adjacent to an activating group) is 1. The normalized spacial score (nSPS) is 12.9. The Morgan fingerprint density at radius 3 is 1.93 bits per heavy atom. The lowest BCUT2D eigenvalue weighted by Crippen LogP contribution is -2.62. The minimum absolute atomic E-state index is 0.00841. The van der Waals surface area contributed by atoms with E-state index < -0.39 is 22.9 Å². The van der Waals surface area contributed by atoms with Crippen molar-refractivity contribution in [2.75, 3.05) is 27.2 Å². The Hall–Kier alpha value is -2.16. The summed E-state index contributed by atoms with van der Waals surface area (Å²) < 4.78 is 0. The van der Waals surface area contributed by atoms with Crippen LogP contribution in [0.15, 0.2) is 0 Å². The van der Waals surface area contributed by atoms with E-state index in [-0.39, 0.29) is 30.8 Å². The molecule has 1 unspecified atom stereocenters. The molecular formula is C20H39N5O4. The number of amides is 4. The Morgan fingerprint density at radius 1 is 0.862 bits per heavy atom. The monoisotopic (exact) mass is 413 g/mol. The third kappa shape index (κ3) is 10.8. The molecular weight excluding hydrogens is 374 g/mol. The quantitative estimate of drug-likeness (QED) is 0.363. The molecule has 0 heterocycles. The third-order valence-corrected chi connectivity index (χ3v) is 4.17. The van der Waals surface area contributed by atoms with Crippen molar-refractivity contribution in [1.82, 2.24) is 26.2 Å². The number of nitrogens with one attached hydrogen (secondary N) is 4. The Bertz CT molecular complexity index is 587. The van der Waals surface area contributed by atoms with Gasteiger partial charge in [-0.25, -0.2) is 0 Å². The molecule has 0 aliphatic rings. The Labute approximate surface area is 174 Å². The van der Waals surface area contributed by atoms with Crippen molar-refractivity contribution >= 4 is 23.6 Å². The molecule has 4 amide bonds. The zero-order valence-electron chi connectivity index (χ0n) is 19.2. The Morgan fingerprint density at radius 2 is 1.41 bits per heavy atom. The minimum atomic E-state index is -1.20. The van der Waals surface area contributed by atoms with Gasteiger partial charge in [-0.05, 0) is 55.1 Å². The van der Waals surface area contributed by atoms with E-state index in [4.69, 9.17) is 0 Å². The molecule has 0 aromatic heterocycles. The van der Waals surface area contributed by atoms with Crippen LogP contribution in [0.25, 0.3) is 0 Å². The van der Waals surface area contributed by atoms with Gasteiger partial charge in [0.25, 0.3) is 0 Å². The molecule has 0 aromatic rings. The second-order valence-electron chi connectivity index (χ2n) is 8.74. The van der Waals surface area contributed by atoms with E-state index in [1.165, 1.54) is 0 Å². The maximum atomic E-state index is 12.5. The first-order valence-corrected chi connectivity index (χ1v) is 10.1. The van der Waals surface area contributed by atoms with E-state index in [1.54, 1.807) is 27.7 Å². The van der Waals surface area contributed by atoms with Gasteiger partial charge in [-0.2, -0.15) is 0 Å². The molecule has 0 rings (SSSR count). The van der Waals surface area contributed by atoms with Crippen LogP contribution in [0, 0.1) is 0 Å². The SMILES string of the molecule is CCCC(=O)NC(C)(C)C(=O)NC(C)(C)C(=O)NCCC(=O)NC(C)CN(C)C. The highest BCUT2D eigenvalue weighted by atomic mass is 16.2. The zero-order chi connectivity index (χ0) is 22.8. The van der Waals surface area contributed by atoms with Crippen LogP contribution in [0.2, 0.25) is 0 Å². The predicted octanol–water partition coefficient (Wildman–Crippen LogP) is 0.149. The van der Waals surface area contributed by atoms with Crippen LogP contribution >= 0.6 is 0 Å². The third-order valence-electron chi connectivity index (χ3n) is 4.17.